The van der Waals surface area contributed by atoms with Crippen LogP contribution in [0.25, 0.3) is 75.1 Å². The molecule has 2 heterocycles. The van der Waals surface area contributed by atoms with Crippen LogP contribution in [0.5, 0.6) is 0 Å². The molecule has 8 aromatic rings. The summed E-state index contributed by atoms with van der Waals surface area (Å²) in [5, 5.41) is 0. The number of thiophene rings is 2. The van der Waals surface area contributed by atoms with Gasteiger partial charge in [0.05, 0.1) is 0 Å². The minimum atomic E-state index is -0.590. The molecule has 0 unspecified atom stereocenters. The molecule has 2 aromatic heterocycles. The van der Waals surface area contributed by atoms with Gasteiger partial charge in [-0.3, -0.25) is 0 Å². The zero-order valence-corrected chi connectivity index (χ0v) is 28.0. The minimum Gasteiger partial charge on any atom is -0.207 e. The first-order valence-electron chi connectivity index (χ1n) is 15.9. The van der Waals surface area contributed by atoms with Gasteiger partial charge in [0.2, 0.25) is 0 Å². The van der Waals surface area contributed by atoms with Gasteiger partial charge in [0.1, 0.15) is 23.3 Å². The SMILES string of the molecule is Fc1cc(F)cc(-c2ccc(-c3ccc(-c4ccc(-c5ccc(-c6ccc(-c7ccc(-c8cc(F)cc(F)c8)cc7)cc6)s5)s4)cc3)cc2)c1. The molecule has 0 atom stereocenters. The topological polar surface area (TPSA) is 0 Å². The normalized spacial score (nSPS) is 11.2. The van der Waals surface area contributed by atoms with E-state index in [1.165, 1.54) is 43.8 Å². The quantitative estimate of drug-likeness (QED) is 0.146. The van der Waals surface area contributed by atoms with E-state index in [-0.39, 0.29) is 0 Å². The van der Waals surface area contributed by atoms with Crippen LogP contribution < -0.4 is 0 Å². The van der Waals surface area contributed by atoms with Gasteiger partial charge in [0, 0.05) is 31.6 Å². The Morgan fingerprint density at radius 1 is 0.220 bits per heavy atom. The van der Waals surface area contributed by atoms with Crippen molar-refractivity contribution in [3.05, 3.63) is 181 Å². The van der Waals surface area contributed by atoms with Crippen molar-refractivity contribution in [3.8, 4) is 75.1 Å². The van der Waals surface area contributed by atoms with E-state index in [0.29, 0.717) is 11.1 Å². The molecule has 0 saturated carbocycles. The summed E-state index contributed by atoms with van der Waals surface area (Å²) < 4.78 is 54.7. The monoisotopic (exact) mass is 694 g/mol. The lowest BCUT2D eigenvalue weighted by Crippen LogP contribution is -1.85. The van der Waals surface area contributed by atoms with Crippen LogP contribution in [0.2, 0.25) is 0 Å². The maximum Gasteiger partial charge on any atom is 0.126 e. The highest BCUT2D eigenvalue weighted by Gasteiger charge is 2.11. The number of halogens is 4. The third kappa shape index (κ3) is 6.68. The first-order valence-corrected chi connectivity index (χ1v) is 17.5. The molecule has 0 saturated heterocycles. The van der Waals surface area contributed by atoms with Crippen LogP contribution >= 0.6 is 22.7 Å². The molecule has 0 aliphatic heterocycles. The van der Waals surface area contributed by atoms with Crippen LogP contribution in [0.1, 0.15) is 0 Å². The van der Waals surface area contributed by atoms with E-state index in [2.05, 4.69) is 72.8 Å². The summed E-state index contributed by atoms with van der Waals surface area (Å²) in [4.78, 5) is 4.78. The van der Waals surface area contributed by atoms with Crippen molar-refractivity contribution in [3.63, 3.8) is 0 Å². The highest BCUT2D eigenvalue weighted by molar-refractivity contribution is 7.25. The summed E-state index contributed by atoms with van der Waals surface area (Å²) >= 11 is 3.52. The smallest absolute Gasteiger partial charge is 0.126 e. The van der Waals surface area contributed by atoms with Crippen molar-refractivity contribution < 1.29 is 17.6 Å². The van der Waals surface area contributed by atoms with E-state index < -0.39 is 23.3 Å². The molecule has 0 fully saturated rings. The van der Waals surface area contributed by atoms with Crippen molar-refractivity contribution >= 4 is 22.7 Å². The van der Waals surface area contributed by atoms with Gasteiger partial charge in [-0.1, -0.05) is 97.1 Å². The summed E-state index contributed by atoms with van der Waals surface area (Å²) in [6, 6.07) is 48.0. The van der Waals surface area contributed by atoms with Gasteiger partial charge < -0.3 is 0 Å². The molecular weight excluding hydrogens is 669 g/mol. The molecule has 0 aliphatic rings. The van der Waals surface area contributed by atoms with Crippen molar-refractivity contribution in [2.24, 2.45) is 0 Å². The van der Waals surface area contributed by atoms with Crippen molar-refractivity contribution in [1.29, 1.82) is 0 Å². The van der Waals surface area contributed by atoms with Crippen molar-refractivity contribution in [2.75, 3.05) is 0 Å². The highest BCUT2D eigenvalue weighted by atomic mass is 32.1. The number of hydrogen-bond acceptors (Lipinski definition) is 2. The molecule has 8 rings (SSSR count). The Balaban J connectivity index is 0.939. The molecule has 0 N–H and O–H groups in total. The van der Waals surface area contributed by atoms with E-state index in [1.807, 2.05) is 48.5 Å². The number of benzene rings is 6. The van der Waals surface area contributed by atoms with Gasteiger partial charge in [-0.25, -0.2) is 17.6 Å². The highest BCUT2D eigenvalue weighted by Crippen LogP contribution is 2.41. The fraction of sp³-hybridized carbons (Fsp3) is 0. The van der Waals surface area contributed by atoms with Crippen LogP contribution in [0.3, 0.4) is 0 Å². The van der Waals surface area contributed by atoms with Gasteiger partial charge in [-0.05, 0) is 104 Å². The standard InChI is InChI=1S/C44H26F4S2/c45-37-21-35(22-38(46)25-37)31-5-1-27(2-6-31)29-9-13-33(14-10-29)41-17-19-43(49-41)44-20-18-42(50-44)34-15-11-30(12-16-34)28-3-7-32(8-4-28)36-23-39(47)26-40(48)24-36/h1-26H. The van der Waals surface area contributed by atoms with Crippen molar-refractivity contribution in [1.82, 2.24) is 0 Å². The number of rotatable bonds is 7. The molecule has 242 valence electrons. The Morgan fingerprint density at radius 2 is 0.440 bits per heavy atom. The summed E-state index contributed by atoms with van der Waals surface area (Å²) in [5.74, 6) is -2.36. The molecule has 6 aromatic carbocycles. The van der Waals surface area contributed by atoms with Crippen LogP contribution in [-0.2, 0) is 0 Å². The van der Waals surface area contributed by atoms with Gasteiger partial charge in [0.15, 0.2) is 0 Å². The second-order valence-electron chi connectivity index (χ2n) is 12.0. The van der Waals surface area contributed by atoms with Gasteiger partial charge in [-0.15, -0.1) is 22.7 Å². The average molecular weight is 695 g/mol. The maximum absolute atomic E-state index is 13.7. The zero-order chi connectivity index (χ0) is 34.2. The van der Waals surface area contributed by atoms with Crippen LogP contribution in [0.4, 0.5) is 17.6 Å². The molecule has 0 radical (unpaired) electrons. The molecule has 0 bridgehead atoms. The van der Waals surface area contributed by atoms with E-state index >= 15 is 0 Å². The lowest BCUT2D eigenvalue weighted by molar-refractivity contribution is 0.583. The van der Waals surface area contributed by atoms with Crippen LogP contribution in [0.15, 0.2) is 158 Å². The Bertz CT molecular complexity index is 2220. The Hall–Kier alpha value is -5.56. The first-order chi connectivity index (χ1) is 24.3. The third-order valence-electron chi connectivity index (χ3n) is 8.62. The van der Waals surface area contributed by atoms with Gasteiger partial charge in [0.25, 0.3) is 0 Å². The fourth-order valence-corrected chi connectivity index (χ4v) is 8.17. The molecule has 0 nitrogen and oxygen atoms in total. The molecule has 0 aliphatic carbocycles. The minimum absolute atomic E-state index is 0.511. The summed E-state index contributed by atoms with van der Waals surface area (Å²) in [6.45, 7) is 0. The summed E-state index contributed by atoms with van der Waals surface area (Å²) in [5.41, 5.74) is 9.00. The predicted octanol–water partition coefficient (Wildman–Crippen LogP) is 14.0. The first kappa shape index (κ1) is 31.7. The van der Waals surface area contributed by atoms with E-state index in [1.54, 1.807) is 22.7 Å². The molecule has 0 spiro atoms. The van der Waals surface area contributed by atoms with Crippen LogP contribution in [0, 0.1) is 23.3 Å². The Labute approximate surface area is 295 Å². The lowest BCUT2D eigenvalue weighted by atomic mass is 9.99. The summed E-state index contributed by atoms with van der Waals surface area (Å²) in [7, 11) is 0. The Morgan fingerprint density at radius 3 is 0.720 bits per heavy atom. The second kappa shape index (κ2) is 13.4. The Kier molecular flexibility index (Phi) is 8.49. The molecular formula is C44H26F4S2. The van der Waals surface area contributed by atoms with Crippen molar-refractivity contribution in [2.45, 2.75) is 0 Å². The predicted molar refractivity (Wildman–Crippen MR) is 200 cm³/mol. The largest absolute Gasteiger partial charge is 0.207 e. The lowest BCUT2D eigenvalue weighted by Gasteiger charge is -2.07. The van der Waals surface area contributed by atoms with E-state index in [0.717, 1.165) is 56.6 Å². The average Bonchev–Trinajstić information content (AvgIpc) is 3.82. The third-order valence-corrected chi connectivity index (χ3v) is 11.1. The fourth-order valence-electron chi connectivity index (χ4n) is 6.06. The summed E-state index contributed by atoms with van der Waals surface area (Å²) in [6.07, 6.45) is 0. The molecule has 0 amide bonds. The second-order valence-corrected chi connectivity index (χ2v) is 14.1. The van der Waals surface area contributed by atoms with Gasteiger partial charge in [-0.2, -0.15) is 0 Å². The number of hydrogen-bond donors (Lipinski definition) is 0. The zero-order valence-electron chi connectivity index (χ0n) is 26.3. The molecule has 50 heavy (non-hydrogen) atoms. The van der Waals surface area contributed by atoms with E-state index in [9.17, 15) is 17.6 Å². The molecule has 6 heteroatoms. The van der Waals surface area contributed by atoms with Gasteiger partial charge >= 0.3 is 0 Å². The van der Waals surface area contributed by atoms with E-state index in [4.69, 9.17) is 0 Å². The maximum atomic E-state index is 13.7. The van der Waals surface area contributed by atoms with Crippen LogP contribution in [-0.4, -0.2) is 0 Å².